The fourth-order valence-electron chi connectivity index (χ4n) is 1.96. The summed E-state index contributed by atoms with van der Waals surface area (Å²) < 4.78 is 11.1. The second-order valence-corrected chi connectivity index (χ2v) is 4.43. The third kappa shape index (κ3) is 2.40. The van der Waals surface area contributed by atoms with Crippen LogP contribution in [-0.4, -0.2) is 17.1 Å². The number of nitrogens with zero attached hydrogens (tertiary/aromatic N) is 2. The Hall–Kier alpha value is -2.62. The first-order valence-corrected chi connectivity index (χ1v) is 6.29. The molecule has 0 saturated carbocycles. The quantitative estimate of drug-likeness (QED) is 0.724. The predicted molar refractivity (Wildman–Crippen MR) is 77.3 cm³/mol. The van der Waals surface area contributed by atoms with Crippen molar-refractivity contribution in [3.05, 3.63) is 54.5 Å². The van der Waals surface area contributed by atoms with Gasteiger partial charge in [0.2, 0.25) is 0 Å². The monoisotopic (exact) mass is 266 g/mol. The Balaban J connectivity index is 2.01. The SMILES string of the molecule is COc1ccc2c(Oc3ccc(C)nc3)ccnc2c1. The van der Waals surface area contributed by atoms with Crippen molar-refractivity contribution in [1.82, 2.24) is 9.97 Å². The van der Waals surface area contributed by atoms with E-state index in [-0.39, 0.29) is 0 Å². The van der Waals surface area contributed by atoms with Gasteiger partial charge in [0, 0.05) is 23.3 Å². The lowest BCUT2D eigenvalue weighted by atomic mass is 10.2. The van der Waals surface area contributed by atoms with E-state index in [1.165, 1.54) is 0 Å². The summed E-state index contributed by atoms with van der Waals surface area (Å²) in [6.07, 6.45) is 3.43. The van der Waals surface area contributed by atoms with E-state index in [9.17, 15) is 0 Å². The van der Waals surface area contributed by atoms with Crippen molar-refractivity contribution in [3.63, 3.8) is 0 Å². The predicted octanol–water partition coefficient (Wildman–Crippen LogP) is 3.74. The number of fused-ring (bicyclic) bond motifs is 1. The molecule has 0 atom stereocenters. The van der Waals surface area contributed by atoms with Crippen LogP contribution in [0.3, 0.4) is 0 Å². The number of pyridine rings is 2. The summed E-state index contributed by atoms with van der Waals surface area (Å²) in [5.41, 5.74) is 1.79. The fraction of sp³-hybridized carbons (Fsp3) is 0.125. The van der Waals surface area contributed by atoms with Crippen molar-refractivity contribution in [2.75, 3.05) is 7.11 Å². The van der Waals surface area contributed by atoms with Crippen molar-refractivity contribution in [3.8, 4) is 17.2 Å². The molecule has 2 aromatic heterocycles. The Labute approximate surface area is 117 Å². The number of ether oxygens (including phenoxy) is 2. The molecule has 0 spiro atoms. The van der Waals surface area contributed by atoms with E-state index in [1.54, 1.807) is 19.5 Å². The average molecular weight is 266 g/mol. The van der Waals surface area contributed by atoms with Crippen LogP contribution in [0.2, 0.25) is 0 Å². The maximum atomic E-state index is 5.88. The molecule has 20 heavy (non-hydrogen) atoms. The average Bonchev–Trinajstić information content (AvgIpc) is 2.49. The molecule has 2 heterocycles. The number of methoxy groups -OCH3 is 1. The summed E-state index contributed by atoms with van der Waals surface area (Å²) in [7, 11) is 1.64. The molecule has 0 unspecified atom stereocenters. The van der Waals surface area contributed by atoms with Gasteiger partial charge in [-0.2, -0.15) is 0 Å². The standard InChI is InChI=1S/C16H14N2O2/c1-11-3-4-13(10-18-11)20-16-7-8-17-15-9-12(19-2)5-6-14(15)16/h3-10H,1-2H3. The molecule has 3 rings (SSSR count). The highest BCUT2D eigenvalue weighted by molar-refractivity contribution is 5.86. The molecule has 0 bridgehead atoms. The lowest BCUT2D eigenvalue weighted by Crippen LogP contribution is -1.90. The molecule has 0 radical (unpaired) electrons. The van der Waals surface area contributed by atoms with Gasteiger partial charge in [0.1, 0.15) is 17.2 Å². The first kappa shape index (κ1) is 12.4. The molecule has 0 aliphatic rings. The van der Waals surface area contributed by atoms with Gasteiger partial charge in [0.15, 0.2) is 0 Å². The minimum absolute atomic E-state index is 0.707. The molecular formula is C16H14N2O2. The van der Waals surface area contributed by atoms with Crippen LogP contribution in [0.4, 0.5) is 0 Å². The van der Waals surface area contributed by atoms with Crippen molar-refractivity contribution in [2.24, 2.45) is 0 Å². The number of hydrogen-bond acceptors (Lipinski definition) is 4. The minimum atomic E-state index is 0.707. The van der Waals surface area contributed by atoms with Crippen molar-refractivity contribution in [2.45, 2.75) is 6.92 Å². The van der Waals surface area contributed by atoms with Crippen LogP contribution in [0, 0.1) is 6.92 Å². The molecule has 1 aromatic carbocycles. The zero-order chi connectivity index (χ0) is 13.9. The minimum Gasteiger partial charge on any atom is -0.497 e. The zero-order valence-corrected chi connectivity index (χ0v) is 11.3. The molecule has 4 heteroatoms. The van der Waals surface area contributed by atoms with Crippen LogP contribution in [0.5, 0.6) is 17.2 Å². The number of benzene rings is 1. The molecule has 4 nitrogen and oxygen atoms in total. The van der Waals surface area contributed by atoms with E-state index in [0.717, 1.165) is 28.1 Å². The second kappa shape index (κ2) is 5.17. The van der Waals surface area contributed by atoms with Crippen molar-refractivity contribution >= 4 is 10.9 Å². The summed E-state index contributed by atoms with van der Waals surface area (Å²) in [6.45, 7) is 1.94. The van der Waals surface area contributed by atoms with Gasteiger partial charge in [-0.05, 0) is 37.3 Å². The van der Waals surface area contributed by atoms with E-state index >= 15 is 0 Å². The molecule has 100 valence electrons. The van der Waals surface area contributed by atoms with E-state index in [4.69, 9.17) is 9.47 Å². The van der Waals surface area contributed by atoms with Gasteiger partial charge in [-0.15, -0.1) is 0 Å². The summed E-state index contributed by atoms with van der Waals surface area (Å²) in [5, 5.41) is 0.939. The van der Waals surface area contributed by atoms with E-state index < -0.39 is 0 Å². The van der Waals surface area contributed by atoms with Gasteiger partial charge in [-0.25, -0.2) is 0 Å². The van der Waals surface area contributed by atoms with Crippen LogP contribution in [0.15, 0.2) is 48.8 Å². The Morgan fingerprint density at radius 3 is 2.55 bits per heavy atom. The first-order valence-electron chi connectivity index (χ1n) is 6.29. The fourth-order valence-corrected chi connectivity index (χ4v) is 1.96. The largest absolute Gasteiger partial charge is 0.497 e. The Kier molecular flexibility index (Phi) is 3.21. The summed E-state index contributed by atoms with van der Waals surface area (Å²) >= 11 is 0. The Bertz CT molecular complexity index is 739. The van der Waals surface area contributed by atoms with Crippen LogP contribution >= 0.6 is 0 Å². The maximum Gasteiger partial charge on any atom is 0.145 e. The van der Waals surface area contributed by atoms with E-state index in [1.807, 2.05) is 43.3 Å². The number of aryl methyl sites for hydroxylation is 1. The van der Waals surface area contributed by atoms with Gasteiger partial charge in [0.05, 0.1) is 18.8 Å². The molecule has 0 saturated heterocycles. The highest BCUT2D eigenvalue weighted by Gasteiger charge is 2.06. The summed E-state index contributed by atoms with van der Waals surface area (Å²) in [6, 6.07) is 11.4. The van der Waals surface area contributed by atoms with Crippen molar-refractivity contribution < 1.29 is 9.47 Å². The van der Waals surface area contributed by atoms with Gasteiger partial charge in [-0.1, -0.05) is 0 Å². The first-order chi connectivity index (χ1) is 9.76. The lowest BCUT2D eigenvalue weighted by molar-refractivity contribution is 0.415. The second-order valence-electron chi connectivity index (χ2n) is 4.43. The van der Waals surface area contributed by atoms with E-state index in [0.29, 0.717) is 5.75 Å². The molecule has 0 N–H and O–H groups in total. The van der Waals surface area contributed by atoms with Gasteiger partial charge in [0.25, 0.3) is 0 Å². The highest BCUT2D eigenvalue weighted by Crippen LogP contribution is 2.30. The normalized spacial score (nSPS) is 10.5. The van der Waals surface area contributed by atoms with Gasteiger partial charge >= 0.3 is 0 Å². The zero-order valence-electron chi connectivity index (χ0n) is 11.3. The maximum absolute atomic E-state index is 5.88. The topological polar surface area (TPSA) is 44.2 Å². The highest BCUT2D eigenvalue weighted by atomic mass is 16.5. The summed E-state index contributed by atoms with van der Waals surface area (Å²) in [4.78, 5) is 8.55. The van der Waals surface area contributed by atoms with Crippen molar-refractivity contribution in [1.29, 1.82) is 0 Å². The van der Waals surface area contributed by atoms with E-state index in [2.05, 4.69) is 9.97 Å². The molecule has 0 amide bonds. The van der Waals surface area contributed by atoms with Crippen LogP contribution in [0.1, 0.15) is 5.69 Å². The molecule has 0 fully saturated rings. The Morgan fingerprint density at radius 2 is 1.80 bits per heavy atom. The Morgan fingerprint density at radius 1 is 0.950 bits per heavy atom. The van der Waals surface area contributed by atoms with Crippen LogP contribution in [0.25, 0.3) is 10.9 Å². The number of aromatic nitrogens is 2. The molecule has 0 aliphatic carbocycles. The van der Waals surface area contributed by atoms with Crippen LogP contribution in [-0.2, 0) is 0 Å². The third-order valence-electron chi connectivity index (χ3n) is 3.02. The van der Waals surface area contributed by atoms with Gasteiger partial charge < -0.3 is 9.47 Å². The summed E-state index contributed by atoms with van der Waals surface area (Å²) in [5.74, 6) is 2.24. The van der Waals surface area contributed by atoms with Crippen LogP contribution < -0.4 is 9.47 Å². The number of hydrogen-bond donors (Lipinski definition) is 0. The smallest absolute Gasteiger partial charge is 0.145 e. The molecule has 0 aliphatic heterocycles. The number of rotatable bonds is 3. The third-order valence-corrected chi connectivity index (χ3v) is 3.02. The lowest BCUT2D eigenvalue weighted by Gasteiger charge is -2.09. The van der Waals surface area contributed by atoms with Gasteiger partial charge in [-0.3, -0.25) is 9.97 Å². The molecule has 3 aromatic rings. The molecular weight excluding hydrogens is 252 g/mol.